The van der Waals surface area contributed by atoms with Gasteiger partial charge in [-0.25, -0.2) is 4.39 Å². The highest BCUT2D eigenvalue weighted by molar-refractivity contribution is 5.98. The van der Waals surface area contributed by atoms with Gasteiger partial charge in [0.1, 0.15) is 12.0 Å². The largest absolute Gasteiger partial charge is 0.360 e. The average Bonchev–Trinajstić information content (AvgIpc) is 2.92. The van der Waals surface area contributed by atoms with Crippen molar-refractivity contribution in [2.75, 3.05) is 5.32 Å². The van der Waals surface area contributed by atoms with Crippen LogP contribution in [0.25, 0.3) is 0 Å². The molecule has 5 heteroatoms. The Hall–Kier alpha value is -3.21. The molecule has 2 aromatic carbocycles. The van der Waals surface area contributed by atoms with Gasteiger partial charge >= 0.3 is 0 Å². The number of rotatable bonds is 4. The Labute approximate surface area is 157 Å². The number of halogens is 1. The average molecular weight is 361 g/mol. The lowest BCUT2D eigenvalue weighted by Gasteiger charge is -2.27. The second-order valence-electron chi connectivity index (χ2n) is 6.84. The first-order valence-electron chi connectivity index (χ1n) is 8.87. The van der Waals surface area contributed by atoms with Crippen molar-refractivity contribution in [2.45, 2.75) is 26.6 Å². The molecule has 0 radical (unpaired) electrons. The van der Waals surface area contributed by atoms with Gasteiger partial charge < -0.3 is 10.2 Å². The summed E-state index contributed by atoms with van der Waals surface area (Å²) in [7, 11) is 0. The van der Waals surface area contributed by atoms with Gasteiger partial charge in [-0.2, -0.15) is 0 Å². The summed E-state index contributed by atoms with van der Waals surface area (Å²) in [5, 5.41) is 3.45. The molecule has 4 nitrogen and oxygen atoms in total. The van der Waals surface area contributed by atoms with Crippen LogP contribution in [0.1, 0.15) is 38.9 Å². The van der Waals surface area contributed by atoms with Crippen LogP contribution >= 0.6 is 0 Å². The van der Waals surface area contributed by atoms with Crippen molar-refractivity contribution in [3.63, 3.8) is 0 Å². The van der Waals surface area contributed by atoms with Crippen molar-refractivity contribution in [3.8, 4) is 0 Å². The lowest BCUT2D eigenvalue weighted by molar-refractivity contribution is 0.0728. The van der Waals surface area contributed by atoms with E-state index in [2.05, 4.69) is 36.3 Å². The van der Waals surface area contributed by atoms with Gasteiger partial charge in [0.25, 0.3) is 5.91 Å². The van der Waals surface area contributed by atoms with Gasteiger partial charge in [0.2, 0.25) is 0 Å². The molecular formula is C22H20FN3O. The number of hydrogen-bond donors (Lipinski definition) is 1. The second kappa shape index (κ2) is 6.83. The number of aromatic nitrogens is 1. The van der Waals surface area contributed by atoms with E-state index in [0.717, 1.165) is 11.3 Å². The highest BCUT2D eigenvalue weighted by Crippen LogP contribution is 2.34. The number of fused-ring (bicyclic) bond motifs is 1. The van der Waals surface area contributed by atoms with Crippen LogP contribution in [0.5, 0.6) is 0 Å². The van der Waals surface area contributed by atoms with E-state index in [0.29, 0.717) is 17.8 Å². The number of carbonyl (C=O) groups excluding carboxylic acids is 1. The summed E-state index contributed by atoms with van der Waals surface area (Å²) >= 11 is 0. The van der Waals surface area contributed by atoms with Crippen molar-refractivity contribution in [3.05, 3.63) is 94.6 Å². The number of pyridine rings is 1. The zero-order valence-corrected chi connectivity index (χ0v) is 15.2. The molecule has 27 heavy (non-hydrogen) atoms. The van der Waals surface area contributed by atoms with E-state index in [9.17, 15) is 9.18 Å². The summed E-state index contributed by atoms with van der Waals surface area (Å²) < 4.78 is 13.2. The van der Waals surface area contributed by atoms with Crippen LogP contribution in [0, 0.1) is 19.7 Å². The summed E-state index contributed by atoms with van der Waals surface area (Å²) in [5.74, 6) is -0.370. The Morgan fingerprint density at radius 3 is 2.59 bits per heavy atom. The zero-order chi connectivity index (χ0) is 19.0. The maximum Gasteiger partial charge on any atom is 0.258 e. The number of carbonyl (C=O) groups is 1. The maximum atomic E-state index is 13.2. The minimum Gasteiger partial charge on any atom is -0.360 e. The van der Waals surface area contributed by atoms with E-state index in [4.69, 9.17) is 0 Å². The Bertz CT molecular complexity index is 1000. The minimum atomic E-state index is -0.374. The number of anilines is 1. The quantitative estimate of drug-likeness (QED) is 0.738. The van der Waals surface area contributed by atoms with Crippen molar-refractivity contribution in [1.82, 2.24) is 9.88 Å². The van der Waals surface area contributed by atoms with Gasteiger partial charge in [-0.1, -0.05) is 18.2 Å². The molecule has 1 aromatic heterocycles. The Morgan fingerprint density at radius 1 is 1.07 bits per heavy atom. The SMILES string of the molecule is Cc1ccc(NC2c3ncccc3C(=O)N2Cc2ccc(F)cc2)cc1C. The van der Waals surface area contributed by atoms with Gasteiger partial charge in [0.15, 0.2) is 0 Å². The van der Waals surface area contributed by atoms with E-state index in [1.807, 2.05) is 6.07 Å². The van der Waals surface area contributed by atoms with E-state index in [-0.39, 0.29) is 17.9 Å². The van der Waals surface area contributed by atoms with Gasteiger partial charge in [0, 0.05) is 18.4 Å². The molecular weight excluding hydrogens is 341 g/mol. The van der Waals surface area contributed by atoms with Crippen molar-refractivity contribution in [1.29, 1.82) is 0 Å². The molecule has 0 spiro atoms. The first kappa shape index (κ1) is 17.2. The first-order valence-corrected chi connectivity index (χ1v) is 8.87. The van der Waals surface area contributed by atoms with Gasteiger partial charge in [-0.15, -0.1) is 0 Å². The molecule has 1 atom stereocenters. The van der Waals surface area contributed by atoms with E-state index in [1.165, 1.54) is 23.3 Å². The van der Waals surface area contributed by atoms with Crippen LogP contribution in [-0.4, -0.2) is 15.8 Å². The lowest BCUT2D eigenvalue weighted by atomic mass is 10.1. The third-order valence-corrected chi connectivity index (χ3v) is 4.98. The van der Waals surface area contributed by atoms with E-state index < -0.39 is 0 Å². The maximum absolute atomic E-state index is 13.2. The number of hydrogen-bond acceptors (Lipinski definition) is 3. The fourth-order valence-electron chi connectivity index (χ4n) is 3.32. The van der Waals surface area contributed by atoms with Crippen LogP contribution < -0.4 is 5.32 Å². The molecule has 0 fully saturated rings. The van der Waals surface area contributed by atoms with Gasteiger partial charge in [-0.3, -0.25) is 9.78 Å². The molecule has 1 amide bonds. The smallest absolute Gasteiger partial charge is 0.258 e. The molecule has 0 saturated carbocycles. The number of nitrogens with zero attached hydrogens (tertiary/aromatic N) is 2. The summed E-state index contributed by atoms with van der Waals surface area (Å²) in [4.78, 5) is 19.1. The lowest BCUT2D eigenvalue weighted by Crippen LogP contribution is -2.32. The number of benzene rings is 2. The Balaban J connectivity index is 1.68. The molecule has 0 saturated heterocycles. The molecule has 1 aliphatic rings. The topological polar surface area (TPSA) is 45.2 Å². The van der Waals surface area contributed by atoms with Crippen LogP contribution in [0.2, 0.25) is 0 Å². The Morgan fingerprint density at radius 2 is 1.85 bits per heavy atom. The van der Waals surface area contributed by atoms with Gasteiger partial charge in [0.05, 0.1) is 11.3 Å². The molecule has 1 N–H and O–H groups in total. The third-order valence-electron chi connectivity index (χ3n) is 4.98. The molecule has 3 aromatic rings. The van der Waals surface area contributed by atoms with Crippen molar-refractivity contribution >= 4 is 11.6 Å². The van der Waals surface area contributed by atoms with Crippen LogP contribution in [-0.2, 0) is 6.54 Å². The monoisotopic (exact) mass is 361 g/mol. The van der Waals surface area contributed by atoms with E-state index >= 15 is 0 Å². The van der Waals surface area contributed by atoms with Crippen LogP contribution in [0.4, 0.5) is 10.1 Å². The highest BCUT2D eigenvalue weighted by atomic mass is 19.1. The van der Waals surface area contributed by atoms with Gasteiger partial charge in [-0.05, 0) is 66.9 Å². The molecule has 0 bridgehead atoms. The second-order valence-corrected chi connectivity index (χ2v) is 6.84. The van der Waals surface area contributed by atoms with Crippen LogP contribution in [0.15, 0.2) is 60.8 Å². The number of nitrogens with one attached hydrogen (secondary N) is 1. The minimum absolute atomic E-state index is 0.0799. The molecule has 1 unspecified atom stereocenters. The third kappa shape index (κ3) is 3.28. The molecule has 4 rings (SSSR count). The predicted octanol–water partition coefficient (Wildman–Crippen LogP) is 4.60. The van der Waals surface area contributed by atoms with Crippen molar-refractivity contribution < 1.29 is 9.18 Å². The first-order chi connectivity index (χ1) is 13.0. The standard InChI is InChI=1S/C22H20FN3O/c1-14-5-10-18(12-15(14)2)25-21-20-19(4-3-11-24-20)22(27)26(21)13-16-6-8-17(23)9-7-16/h3-12,21,25H,13H2,1-2H3. The van der Waals surface area contributed by atoms with Crippen LogP contribution in [0.3, 0.4) is 0 Å². The normalized spacial score (nSPS) is 15.7. The molecule has 0 aliphatic carbocycles. The fourth-order valence-corrected chi connectivity index (χ4v) is 3.32. The fraction of sp³-hybridized carbons (Fsp3) is 0.182. The molecule has 1 aliphatic heterocycles. The van der Waals surface area contributed by atoms with E-state index in [1.54, 1.807) is 35.4 Å². The highest BCUT2D eigenvalue weighted by Gasteiger charge is 2.37. The number of aryl methyl sites for hydroxylation is 2. The molecule has 2 heterocycles. The molecule has 136 valence electrons. The number of amides is 1. The summed E-state index contributed by atoms with van der Waals surface area (Å²) in [6.45, 7) is 4.50. The Kier molecular flexibility index (Phi) is 4.36. The zero-order valence-electron chi connectivity index (χ0n) is 15.2. The summed E-state index contributed by atoms with van der Waals surface area (Å²) in [6.07, 6.45) is 1.32. The summed E-state index contributed by atoms with van der Waals surface area (Å²) in [6, 6.07) is 15.9. The summed E-state index contributed by atoms with van der Waals surface area (Å²) in [5.41, 5.74) is 5.49. The van der Waals surface area contributed by atoms with Crippen molar-refractivity contribution in [2.24, 2.45) is 0 Å². The predicted molar refractivity (Wildman–Crippen MR) is 103 cm³/mol.